The molecule has 3 aromatic rings. The van der Waals surface area contributed by atoms with E-state index in [0.29, 0.717) is 35.2 Å². The van der Waals surface area contributed by atoms with Gasteiger partial charge in [-0.2, -0.15) is 5.10 Å². The van der Waals surface area contributed by atoms with Gasteiger partial charge in [-0.15, -0.1) is 0 Å². The summed E-state index contributed by atoms with van der Waals surface area (Å²) in [6, 6.07) is 13.1. The van der Waals surface area contributed by atoms with Gasteiger partial charge in [0.25, 0.3) is 5.91 Å². The van der Waals surface area contributed by atoms with Crippen molar-refractivity contribution in [1.29, 1.82) is 0 Å². The maximum absolute atomic E-state index is 12.5. The van der Waals surface area contributed by atoms with Gasteiger partial charge in [0.15, 0.2) is 11.6 Å². The molecule has 0 aliphatic carbocycles. The van der Waals surface area contributed by atoms with Gasteiger partial charge in [0, 0.05) is 24.8 Å². The normalized spacial score (nSPS) is 15.3. The zero-order valence-corrected chi connectivity index (χ0v) is 17.3. The number of hydrogen-bond donors (Lipinski definition) is 4. The van der Waals surface area contributed by atoms with Crippen LogP contribution in [0.25, 0.3) is 11.4 Å². The van der Waals surface area contributed by atoms with E-state index >= 15 is 0 Å². The van der Waals surface area contributed by atoms with Crippen molar-refractivity contribution in [3.05, 3.63) is 59.9 Å². The van der Waals surface area contributed by atoms with Crippen LogP contribution in [-0.2, 0) is 20.9 Å². The third-order valence-corrected chi connectivity index (χ3v) is 4.93. The molecule has 4 N–H and O–H groups in total. The molecule has 0 saturated carbocycles. The van der Waals surface area contributed by atoms with E-state index in [1.807, 2.05) is 6.07 Å². The third-order valence-electron chi connectivity index (χ3n) is 4.93. The second-order valence-corrected chi connectivity index (χ2v) is 7.27. The van der Waals surface area contributed by atoms with Crippen LogP contribution >= 0.6 is 0 Å². The number of carbonyl (C=O) groups is 3. The van der Waals surface area contributed by atoms with Crippen LogP contribution in [0.4, 0.5) is 11.4 Å². The Labute approximate surface area is 183 Å². The van der Waals surface area contributed by atoms with Crippen LogP contribution in [0.3, 0.4) is 0 Å². The minimum Gasteiger partial charge on any atom is -0.377 e. The van der Waals surface area contributed by atoms with Crippen LogP contribution in [0.5, 0.6) is 0 Å². The number of aromatic amines is 1. The zero-order chi connectivity index (χ0) is 22.5. The molecule has 32 heavy (non-hydrogen) atoms. The molecule has 10 heteroatoms. The molecule has 0 fully saturated rings. The minimum absolute atomic E-state index is 0.0532. The van der Waals surface area contributed by atoms with Crippen molar-refractivity contribution in [2.24, 2.45) is 0 Å². The number of ether oxygens (including phenoxy) is 1. The van der Waals surface area contributed by atoms with Crippen LogP contribution in [0.15, 0.2) is 48.5 Å². The summed E-state index contributed by atoms with van der Waals surface area (Å²) < 4.78 is 5.03. The van der Waals surface area contributed by atoms with E-state index in [1.165, 1.54) is 0 Å². The van der Waals surface area contributed by atoms with Crippen molar-refractivity contribution < 1.29 is 19.1 Å². The van der Waals surface area contributed by atoms with Crippen molar-refractivity contribution in [3.8, 4) is 11.4 Å². The van der Waals surface area contributed by atoms with E-state index < -0.39 is 6.04 Å². The molecule has 1 atom stereocenters. The number of nitrogens with one attached hydrogen (secondary N) is 4. The number of H-pyrrole nitrogens is 1. The lowest BCUT2D eigenvalue weighted by Crippen LogP contribution is -2.41. The van der Waals surface area contributed by atoms with Crippen molar-refractivity contribution in [1.82, 2.24) is 20.5 Å². The van der Waals surface area contributed by atoms with Gasteiger partial charge in [-0.3, -0.25) is 19.5 Å². The molecule has 0 saturated heterocycles. The maximum atomic E-state index is 12.5. The lowest BCUT2D eigenvalue weighted by Gasteiger charge is -2.14. The quantitative estimate of drug-likeness (QED) is 0.449. The van der Waals surface area contributed by atoms with E-state index in [0.717, 1.165) is 5.56 Å². The molecule has 0 bridgehead atoms. The predicted octanol–water partition coefficient (Wildman–Crippen LogP) is 2.09. The molecule has 1 aliphatic rings. The first-order valence-electron chi connectivity index (χ1n) is 10.0. The average Bonchev–Trinajstić information content (AvgIpc) is 3.21. The van der Waals surface area contributed by atoms with Gasteiger partial charge < -0.3 is 20.7 Å². The summed E-state index contributed by atoms with van der Waals surface area (Å²) >= 11 is 0. The lowest BCUT2D eigenvalue weighted by atomic mass is 10.1. The summed E-state index contributed by atoms with van der Waals surface area (Å²) in [5, 5.41) is 15.2. The van der Waals surface area contributed by atoms with Crippen molar-refractivity contribution in [3.63, 3.8) is 0 Å². The molecule has 3 amide bonds. The molecule has 0 radical (unpaired) electrons. The van der Waals surface area contributed by atoms with Crippen molar-refractivity contribution >= 4 is 29.1 Å². The Hall–Kier alpha value is -4.05. The number of carbonyl (C=O) groups excluding carboxylic acids is 3. The van der Waals surface area contributed by atoms with Crippen molar-refractivity contribution in [2.75, 3.05) is 17.7 Å². The van der Waals surface area contributed by atoms with E-state index in [2.05, 4.69) is 31.1 Å². The number of methoxy groups -OCH3 is 1. The Morgan fingerprint density at radius 1 is 1.16 bits per heavy atom. The van der Waals surface area contributed by atoms with Crippen LogP contribution in [0, 0.1) is 0 Å². The number of nitrogens with zero attached hydrogens (tertiary/aromatic N) is 2. The van der Waals surface area contributed by atoms with Gasteiger partial charge in [-0.05, 0) is 30.7 Å². The summed E-state index contributed by atoms with van der Waals surface area (Å²) in [7, 11) is 1.57. The first kappa shape index (κ1) is 21.2. The summed E-state index contributed by atoms with van der Waals surface area (Å²) in [6.45, 7) is 0.319. The predicted molar refractivity (Wildman–Crippen MR) is 117 cm³/mol. The van der Waals surface area contributed by atoms with Gasteiger partial charge in [0.1, 0.15) is 12.6 Å². The first-order chi connectivity index (χ1) is 15.5. The average molecular weight is 434 g/mol. The van der Waals surface area contributed by atoms with Crippen LogP contribution in [0.2, 0.25) is 0 Å². The molecule has 164 valence electrons. The standard InChI is InChI=1S/C22H22N6O4/c1-32-12-18-26-20(28-27-18)13-5-4-6-14(11-13)23-19(29)10-9-17-22(31)24-16-8-3-2-7-15(16)21(30)25-17/h2-8,11,17H,9-10,12H2,1H3,(H,23,29)(H,24,31)(H,25,30)(H,26,27,28). The lowest BCUT2D eigenvalue weighted by molar-refractivity contribution is -0.118. The summed E-state index contributed by atoms with van der Waals surface area (Å²) in [4.78, 5) is 41.7. The summed E-state index contributed by atoms with van der Waals surface area (Å²) in [5.41, 5.74) is 2.16. The van der Waals surface area contributed by atoms with Crippen LogP contribution < -0.4 is 16.0 Å². The SMILES string of the molecule is COCc1nc(-c2cccc(NC(=O)CCC3NC(=O)c4ccccc4NC3=O)c2)n[nH]1. The number of anilines is 2. The summed E-state index contributed by atoms with van der Waals surface area (Å²) in [5.74, 6) is 0.111. The number of amides is 3. The molecule has 4 rings (SSSR count). The molecule has 1 aromatic heterocycles. The Morgan fingerprint density at radius 3 is 2.84 bits per heavy atom. The molecular formula is C22H22N6O4. The Bertz CT molecular complexity index is 1160. The monoisotopic (exact) mass is 434 g/mol. The molecule has 0 spiro atoms. The second-order valence-electron chi connectivity index (χ2n) is 7.27. The fourth-order valence-electron chi connectivity index (χ4n) is 3.38. The highest BCUT2D eigenvalue weighted by Gasteiger charge is 2.27. The Morgan fingerprint density at radius 2 is 2.00 bits per heavy atom. The minimum atomic E-state index is -0.806. The van der Waals surface area contributed by atoms with Crippen LogP contribution in [-0.4, -0.2) is 46.1 Å². The third kappa shape index (κ3) is 4.81. The summed E-state index contributed by atoms with van der Waals surface area (Å²) in [6.07, 6.45) is 0.218. The van der Waals surface area contributed by atoms with E-state index in [9.17, 15) is 14.4 Å². The number of aromatic nitrogens is 3. The van der Waals surface area contributed by atoms with Gasteiger partial charge in [-0.1, -0.05) is 24.3 Å². The largest absolute Gasteiger partial charge is 0.377 e. The van der Waals surface area contributed by atoms with Gasteiger partial charge in [0.05, 0.1) is 11.3 Å². The Kier molecular flexibility index (Phi) is 6.22. The number of rotatable bonds is 7. The fraction of sp³-hybridized carbons (Fsp3) is 0.227. The first-order valence-corrected chi connectivity index (χ1v) is 10.0. The smallest absolute Gasteiger partial charge is 0.254 e. The van der Waals surface area contributed by atoms with Gasteiger partial charge in [0.2, 0.25) is 11.8 Å². The molecule has 1 aliphatic heterocycles. The molecule has 2 heterocycles. The van der Waals surface area contributed by atoms with Crippen molar-refractivity contribution in [2.45, 2.75) is 25.5 Å². The highest BCUT2D eigenvalue weighted by molar-refractivity contribution is 6.10. The second kappa shape index (κ2) is 9.40. The van der Waals surface area contributed by atoms with E-state index in [1.54, 1.807) is 49.6 Å². The van der Waals surface area contributed by atoms with E-state index in [4.69, 9.17) is 4.74 Å². The number of para-hydroxylation sites is 1. The number of fused-ring (bicyclic) bond motifs is 1. The molecule has 10 nitrogen and oxygen atoms in total. The van der Waals surface area contributed by atoms with Gasteiger partial charge >= 0.3 is 0 Å². The van der Waals surface area contributed by atoms with Gasteiger partial charge in [-0.25, -0.2) is 4.98 Å². The number of benzene rings is 2. The zero-order valence-electron chi connectivity index (χ0n) is 17.3. The Balaban J connectivity index is 1.36. The molecule has 2 aromatic carbocycles. The van der Waals surface area contributed by atoms with Crippen LogP contribution in [0.1, 0.15) is 29.0 Å². The topological polar surface area (TPSA) is 138 Å². The maximum Gasteiger partial charge on any atom is 0.254 e. The highest BCUT2D eigenvalue weighted by Crippen LogP contribution is 2.21. The fourth-order valence-corrected chi connectivity index (χ4v) is 3.38. The molecule has 1 unspecified atom stereocenters. The highest BCUT2D eigenvalue weighted by atomic mass is 16.5. The van der Waals surface area contributed by atoms with E-state index in [-0.39, 0.29) is 30.6 Å². The number of hydrogen-bond acceptors (Lipinski definition) is 6. The molecular weight excluding hydrogens is 412 g/mol.